The Morgan fingerprint density at radius 1 is 1.15 bits per heavy atom. The van der Waals surface area contributed by atoms with Crippen LogP contribution in [0.1, 0.15) is 52.5 Å². The molecule has 2 heteroatoms. The zero-order valence-electron chi connectivity index (χ0n) is 13.6. The van der Waals surface area contributed by atoms with E-state index in [1.807, 2.05) is 6.92 Å². The average Bonchev–Trinajstić information content (AvgIpc) is 2.44. The van der Waals surface area contributed by atoms with Crippen LogP contribution in [0.3, 0.4) is 0 Å². The maximum absolute atomic E-state index is 5.55. The summed E-state index contributed by atoms with van der Waals surface area (Å²) in [6.07, 6.45) is 4.80. The predicted octanol–water partition coefficient (Wildman–Crippen LogP) is 4.89. The number of hydrogen-bond acceptors (Lipinski definition) is 2. The fourth-order valence-corrected chi connectivity index (χ4v) is 2.32. The number of nitrogens with one attached hydrogen (secondary N) is 1. The van der Waals surface area contributed by atoms with Crippen LogP contribution in [-0.4, -0.2) is 19.3 Å². The van der Waals surface area contributed by atoms with Gasteiger partial charge in [-0.05, 0) is 43.7 Å². The van der Waals surface area contributed by atoms with Crippen LogP contribution in [0, 0.1) is 5.92 Å². The first-order chi connectivity index (χ1) is 9.67. The van der Waals surface area contributed by atoms with E-state index in [4.69, 9.17) is 4.74 Å². The molecule has 0 aliphatic heterocycles. The van der Waals surface area contributed by atoms with Crippen LogP contribution in [0.4, 0.5) is 5.69 Å². The minimum absolute atomic E-state index is 0.404. The van der Waals surface area contributed by atoms with E-state index in [9.17, 15) is 0 Å². The van der Waals surface area contributed by atoms with Crippen molar-refractivity contribution in [2.24, 2.45) is 5.92 Å². The van der Waals surface area contributed by atoms with Gasteiger partial charge in [0.2, 0.25) is 0 Å². The number of anilines is 1. The Bertz CT molecular complexity index is 362. The molecule has 0 radical (unpaired) electrons. The minimum atomic E-state index is 0.404. The van der Waals surface area contributed by atoms with Crippen molar-refractivity contribution in [3.05, 3.63) is 29.8 Å². The van der Waals surface area contributed by atoms with Gasteiger partial charge in [0.25, 0.3) is 0 Å². The second-order valence-electron chi connectivity index (χ2n) is 5.85. The van der Waals surface area contributed by atoms with Gasteiger partial charge in [0.05, 0.1) is 6.61 Å². The number of para-hydroxylation sites is 1. The summed E-state index contributed by atoms with van der Waals surface area (Å²) in [5.41, 5.74) is 2.71. The Labute approximate surface area is 124 Å². The van der Waals surface area contributed by atoms with E-state index in [0.717, 1.165) is 32.0 Å². The molecule has 0 saturated heterocycles. The Balaban J connectivity index is 2.59. The highest BCUT2D eigenvalue weighted by Gasteiger charge is 2.09. The Morgan fingerprint density at radius 2 is 1.90 bits per heavy atom. The Morgan fingerprint density at radius 3 is 2.55 bits per heavy atom. The van der Waals surface area contributed by atoms with Crippen LogP contribution in [0.5, 0.6) is 0 Å². The average molecular weight is 277 g/mol. The van der Waals surface area contributed by atoms with Gasteiger partial charge in [-0.1, -0.05) is 45.4 Å². The topological polar surface area (TPSA) is 21.3 Å². The summed E-state index contributed by atoms with van der Waals surface area (Å²) in [6, 6.07) is 9.09. The molecular formula is C18H31NO. The van der Waals surface area contributed by atoms with E-state index >= 15 is 0 Å². The Kier molecular flexibility index (Phi) is 8.36. The van der Waals surface area contributed by atoms with Crippen molar-refractivity contribution < 1.29 is 4.74 Å². The van der Waals surface area contributed by atoms with Gasteiger partial charge in [-0.15, -0.1) is 0 Å². The highest BCUT2D eigenvalue weighted by atomic mass is 16.5. The molecule has 0 aromatic heterocycles. The molecule has 0 heterocycles. The third-order valence-corrected chi connectivity index (χ3v) is 3.62. The molecule has 0 spiro atoms. The molecule has 1 atom stereocenters. The third kappa shape index (κ3) is 6.42. The zero-order valence-corrected chi connectivity index (χ0v) is 13.6. The van der Waals surface area contributed by atoms with Gasteiger partial charge in [0, 0.05) is 18.3 Å². The number of aryl methyl sites for hydroxylation is 1. The summed E-state index contributed by atoms with van der Waals surface area (Å²) in [7, 11) is 0. The normalized spacial score (nSPS) is 12.7. The lowest BCUT2D eigenvalue weighted by Gasteiger charge is -2.20. The summed E-state index contributed by atoms with van der Waals surface area (Å²) in [4.78, 5) is 0. The summed E-state index contributed by atoms with van der Waals surface area (Å²) < 4.78 is 5.55. The van der Waals surface area contributed by atoms with Crippen LogP contribution in [0.15, 0.2) is 24.3 Å². The van der Waals surface area contributed by atoms with Crippen molar-refractivity contribution in [1.29, 1.82) is 0 Å². The second kappa shape index (κ2) is 9.82. The lowest BCUT2D eigenvalue weighted by atomic mass is 10.0. The second-order valence-corrected chi connectivity index (χ2v) is 5.85. The number of rotatable bonds is 10. The largest absolute Gasteiger partial charge is 0.380 e. The highest BCUT2D eigenvalue weighted by molar-refractivity contribution is 5.51. The van der Waals surface area contributed by atoms with Crippen LogP contribution in [0.2, 0.25) is 0 Å². The summed E-state index contributed by atoms with van der Waals surface area (Å²) >= 11 is 0. The number of benzene rings is 1. The zero-order chi connectivity index (χ0) is 14.8. The summed E-state index contributed by atoms with van der Waals surface area (Å²) in [6.45, 7) is 10.4. The van der Waals surface area contributed by atoms with E-state index in [2.05, 4.69) is 50.4 Å². The van der Waals surface area contributed by atoms with E-state index in [1.165, 1.54) is 24.1 Å². The molecule has 0 aliphatic rings. The molecule has 114 valence electrons. The molecule has 20 heavy (non-hydrogen) atoms. The molecule has 0 fully saturated rings. The monoisotopic (exact) mass is 277 g/mol. The van der Waals surface area contributed by atoms with Crippen LogP contribution in [-0.2, 0) is 11.2 Å². The smallest absolute Gasteiger partial charge is 0.0667 e. The van der Waals surface area contributed by atoms with Crippen molar-refractivity contribution >= 4 is 5.69 Å². The molecule has 1 aromatic carbocycles. The molecule has 1 rings (SSSR count). The first kappa shape index (κ1) is 17.0. The first-order valence-corrected chi connectivity index (χ1v) is 8.09. The summed E-state index contributed by atoms with van der Waals surface area (Å²) in [5, 5.41) is 3.65. The van der Waals surface area contributed by atoms with Gasteiger partial charge in [0.1, 0.15) is 0 Å². The number of ether oxygens (including phenoxy) is 1. The van der Waals surface area contributed by atoms with Crippen molar-refractivity contribution in [2.45, 2.75) is 59.4 Å². The van der Waals surface area contributed by atoms with Crippen molar-refractivity contribution in [3.63, 3.8) is 0 Å². The quantitative estimate of drug-likeness (QED) is 0.657. The lowest BCUT2D eigenvalue weighted by molar-refractivity contribution is 0.137. The van der Waals surface area contributed by atoms with E-state index in [-0.39, 0.29) is 0 Å². The van der Waals surface area contributed by atoms with Crippen LogP contribution >= 0.6 is 0 Å². The molecule has 1 unspecified atom stereocenters. The van der Waals surface area contributed by atoms with Gasteiger partial charge in [-0.25, -0.2) is 0 Å². The predicted molar refractivity (Wildman–Crippen MR) is 88.4 cm³/mol. The van der Waals surface area contributed by atoms with Crippen molar-refractivity contribution in [3.8, 4) is 0 Å². The lowest BCUT2D eigenvalue weighted by Crippen LogP contribution is -2.25. The molecule has 2 nitrogen and oxygen atoms in total. The van der Waals surface area contributed by atoms with Gasteiger partial charge >= 0.3 is 0 Å². The van der Waals surface area contributed by atoms with E-state index in [1.54, 1.807) is 0 Å². The van der Waals surface area contributed by atoms with Gasteiger partial charge < -0.3 is 10.1 Å². The molecular weight excluding hydrogens is 246 g/mol. The van der Waals surface area contributed by atoms with Crippen LogP contribution in [0.25, 0.3) is 0 Å². The minimum Gasteiger partial charge on any atom is -0.380 e. The molecule has 0 bridgehead atoms. The maximum atomic E-state index is 5.55. The SMILES string of the molecule is CCOCC(CC)Nc1ccccc1CCCC(C)C. The van der Waals surface area contributed by atoms with Gasteiger partial charge in [-0.2, -0.15) is 0 Å². The fourth-order valence-electron chi connectivity index (χ4n) is 2.32. The summed E-state index contributed by atoms with van der Waals surface area (Å²) in [5.74, 6) is 0.788. The molecule has 0 saturated carbocycles. The fraction of sp³-hybridized carbons (Fsp3) is 0.667. The highest BCUT2D eigenvalue weighted by Crippen LogP contribution is 2.20. The van der Waals surface area contributed by atoms with E-state index < -0.39 is 0 Å². The molecule has 0 amide bonds. The van der Waals surface area contributed by atoms with Crippen LogP contribution < -0.4 is 5.32 Å². The Hall–Kier alpha value is -1.02. The van der Waals surface area contributed by atoms with Gasteiger partial charge in [-0.3, -0.25) is 0 Å². The first-order valence-electron chi connectivity index (χ1n) is 8.09. The molecule has 0 aliphatic carbocycles. The van der Waals surface area contributed by atoms with E-state index in [0.29, 0.717) is 6.04 Å². The molecule has 1 aromatic rings. The van der Waals surface area contributed by atoms with Crippen molar-refractivity contribution in [1.82, 2.24) is 0 Å². The molecule has 1 N–H and O–H groups in total. The third-order valence-electron chi connectivity index (χ3n) is 3.62. The van der Waals surface area contributed by atoms with Crippen molar-refractivity contribution in [2.75, 3.05) is 18.5 Å². The van der Waals surface area contributed by atoms with Gasteiger partial charge in [0.15, 0.2) is 0 Å². The maximum Gasteiger partial charge on any atom is 0.0667 e. The number of hydrogen-bond donors (Lipinski definition) is 1. The standard InChI is InChI=1S/C18H31NO/c1-5-17(14-20-6-2)19-18-13-8-7-11-16(18)12-9-10-15(3)4/h7-8,11,13,15,17,19H,5-6,9-10,12,14H2,1-4H3.